The van der Waals surface area contributed by atoms with Gasteiger partial charge in [0.05, 0.1) is 55.5 Å². The van der Waals surface area contributed by atoms with Crippen LogP contribution in [0.25, 0.3) is 210 Å². The van der Waals surface area contributed by atoms with Crippen LogP contribution >= 0.6 is 0 Å². The first kappa shape index (κ1) is 77.1. The molecule has 0 saturated carbocycles. The Morgan fingerprint density at radius 2 is 0.313 bits per heavy atom. The molecule has 0 unspecified atom stereocenters. The monoisotopic (exact) mass is 1670 g/mol. The van der Waals surface area contributed by atoms with Crippen LogP contribution in [0.1, 0.15) is 0 Å². The lowest BCUT2D eigenvalue weighted by atomic mass is 9.96. The molecule has 5 aromatic heterocycles. The van der Waals surface area contributed by atoms with E-state index in [0.29, 0.717) is 0 Å². The summed E-state index contributed by atoms with van der Waals surface area (Å²) in [5, 5.41) is 10.1. The molecule has 0 spiro atoms. The standard InChI is InChI=1S/C66H45N3.C59H39N3/c1-2-15-46(16-3-1)50-17-12-18-51(43-50)47-31-37-54(38-32-47)67(55-39-33-48(34-40-55)52-19-13-21-57(44-52)68-63-27-8-4-23-59(63)60-24-5-9-28-64(60)68)56-41-35-49(36-42-56)53-20-14-22-58(45-53)69-65-29-10-6-25-61(65)62-26-7-11-30-66(62)69;1-2-16-40(17-3-1)47-38-54(45-22-12-18-41(34-45)43-20-14-24-48(36-43)61-56-30-8-4-26-50(56)51-27-5-9-31-57(51)61)60-55(39-47)46-23-13-19-42(35-46)44-21-15-25-49(37-44)62-58-32-10-6-28-52(58)53-29-7-11-33-59(53)62/h1-45H;1-39H. The third kappa shape index (κ3) is 14.3. The maximum Gasteiger partial charge on any atom is 0.0715 e. The summed E-state index contributed by atoms with van der Waals surface area (Å²) in [6, 6.07) is 184. The highest BCUT2D eigenvalue weighted by Crippen LogP contribution is 2.44. The minimum atomic E-state index is 0.931. The lowest BCUT2D eigenvalue weighted by Gasteiger charge is -2.26. The quantitative estimate of drug-likeness (QED) is 0.0966. The van der Waals surface area contributed by atoms with E-state index in [9.17, 15) is 0 Å². The molecule has 0 bridgehead atoms. The van der Waals surface area contributed by atoms with Gasteiger partial charge in [0.15, 0.2) is 0 Å². The van der Waals surface area contributed by atoms with Crippen molar-refractivity contribution in [3.63, 3.8) is 0 Å². The maximum atomic E-state index is 5.41. The Hall–Kier alpha value is -17.5. The molecule has 0 aliphatic rings. The first-order valence-electron chi connectivity index (χ1n) is 44.9. The van der Waals surface area contributed by atoms with Crippen molar-refractivity contribution in [1.82, 2.24) is 23.3 Å². The van der Waals surface area contributed by atoms with Crippen LogP contribution in [0.4, 0.5) is 17.1 Å². The molecule has 25 rings (SSSR count). The van der Waals surface area contributed by atoms with E-state index in [1.165, 1.54) is 121 Å². The number of anilines is 3. The van der Waals surface area contributed by atoms with E-state index in [2.05, 4.69) is 533 Å². The molecule has 0 aliphatic carbocycles. The number of pyridine rings is 1. The summed E-state index contributed by atoms with van der Waals surface area (Å²) >= 11 is 0. The average molecular weight is 1670 g/mol. The molecule has 5 heterocycles. The predicted molar refractivity (Wildman–Crippen MR) is 552 cm³/mol. The van der Waals surface area contributed by atoms with E-state index in [0.717, 1.165) is 107 Å². The Balaban J connectivity index is 0.000000146. The molecule has 6 nitrogen and oxygen atoms in total. The van der Waals surface area contributed by atoms with Crippen LogP contribution in [-0.2, 0) is 0 Å². The van der Waals surface area contributed by atoms with E-state index in [1.54, 1.807) is 0 Å². The zero-order valence-corrected chi connectivity index (χ0v) is 71.7. The van der Waals surface area contributed by atoms with Crippen molar-refractivity contribution in [1.29, 1.82) is 0 Å². The van der Waals surface area contributed by atoms with Gasteiger partial charge in [0, 0.05) is 94.0 Å². The van der Waals surface area contributed by atoms with Crippen LogP contribution < -0.4 is 4.90 Å². The number of benzene rings is 20. The smallest absolute Gasteiger partial charge is 0.0715 e. The largest absolute Gasteiger partial charge is 0.311 e. The Bertz CT molecular complexity index is 8010. The third-order valence-corrected chi connectivity index (χ3v) is 26.0. The lowest BCUT2D eigenvalue weighted by Crippen LogP contribution is -2.09. The molecule has 0 saturated heterocycles. The van der Waals surface area contributed by atoms with Crippen molar-refractivity contribution in [2.45, 2.75) is 0 Å². The second-order valence-electron chi connectivity index (χ2n) is 33.8. The Morgan fingerprint density at radius 1 is 0.130 bits per heavy atom. The number of nitrogens with zero attached hydrogens (tertiary/aromatic N) is 6. The molecule has 0 atom stereocenters. The SMILES string of the molecule is c1ccc(-c2cc(-c3cccc(-c4cccc(-n5c6ccccc6c6ccccc65)c4)c3)nc(-c3cccc(-c4cccc(-n5c6ccccc6c6ccccc65)c4)c3)c2)cc1.c1ccc(-c2cccc(-c3ccc(N(c4ccc(-c5cccc(-n6c7ccccc7c7ccccc76)c5)cc4)c4ccc(-c5cccc(-n6c7ccccc7c7ccccc76)c5)cc4)cc3)c2)cc1. The van der Waals surface area contributed by atoms with Gasteiger partial charge in [-0.05, 0) is 242 Å². The minimum Gasteiger partial charge on any atom is -0.311 e. The van der Waals surface area contributed by atoms with Crippen LogP contribution in [0.2, 0.25) is 0 Å². The number of hydrogen-bond acceptors (Lipinski definition) is 2. The molecule has 614 valence electrons. The molecular formula is C125H84N6. The van der Waals surface area contributed by atoms with Gasteiger partial charge in [0.25, 0.3) is 0 Å². The third-order valence-electron chi connectivity index (χ3n) is 26.0. The molecule has 0 radical (unpaired) electrons. The molecule has 0 N–H and O–H groups in total. The number of para-hydroxylation sites is 8. The predicted octanol–water partition coefficient (Wildman–Crippen LogP) is 33.6. The lowest BCUT2D eigenvalue weighted by molar-refractivity contribution is 1.18. The molecular weight excluding hydrogens is 1590 g/mol. The van der Waals surface area contributed by atoms with Gasteiger partial charge >= 0.3 is 0 Å². The summed E-state index contributed by atoms with van der Waals surface area (Å²) in [5.41, 5.74) is 37.8. The van der Waals surface area contributed by atoms with E-state index >= 15 is 0 Å². The van der Waals surface area contributed by atoms with Crippen molar-refractivity contribution in [2.24, 2.45) is 0 Å². The topological polar surface area (TPSA) is 35.9 Å². The van der Waals surface area contributed by atoms with Crippen LogP contribution in [0.3, 0.4) is 0 Å². The molecule has 0 amide bonds. The van der Waals surface area contributed by atoms with Crippen molar-refractivity contribution in [2.75, 3.05) is 4.90 Å². The van der Waals surface area contributed by atoms with Crippen molar-refractivity contribution >= 4 is 104 Å². The zero-order valence-electron chi connectivity index (χ0n) is 71.7. The average Bonchev–Trinajstić information content (AvgIpc) is 1.60. The van der Waals surface area contributed by atoms with E-state index in [1.807, 2.05) is 0 Å². The van der Waals surface area contributed by atoms with Gasteiger partial charge in [-0.3, -0.25) is 0 Å². The van der Waals surface area contributed by atoms with Gasteiger partial charge in [0.2, 0.25) is 0 Å². The fraction of sp³-hybridized carbons (Fsp3) is 0. The van der Waals surface area contributed by atoms with Crippen molar-refractivity contribution in [3.05, 3.63) is 510 Å². The minimum absolute atomic E-state index is 0.931. The number of fused-ring (bicyclic) bond motifs is 12. The Kier molecular flexibility index (Phi) is 19.5. The van der Waals surface area contributed by atoms with Gasteiger partial charge in [-0.25, -0.2) is 4.98 Å². The van der Waals surface area contributed by atoms with Gasteiger partial charge in [-0.1, -0.05) is 346 Å². The molecule has 20 aromatic carbocycles. The van der Waals surface area contributed by atoms with Crippen LogP contribution in [0.15, 0.2) is 510 Å². The summed E-state index contributed by atoms with van der Waals surface area (Å²) in [6.45, 7) is 0. The summed E-state index contributed by atoms with van der Waals surface area (Å²) in [4.78, 5) is 7.78. The van der Waals surface area contributed by atoms with Crippen molar-refractivity contribution in [3.8, 4) is 123 Å². The zero-order chi connectivity index (χ0) is 86.7. The van der Waals surface area contributed by atoms with Gasteiger partial charge in [0.1, 0.15) is 0 Å². The Morgan fingerprint density at radius 3 is 0.580 bits per heavy atom. The summed E-state index contributed by atoms with van der Waals surface area (Å²) in [5.74, 6) is 0. The van der Waals surface area contributed by atoms with Gasteiger partial charge in [-0.15, -0.1) is 0 Å². The molecule has 25 aromatic rings. The fourth-order valence-corrected chi connectivity index (χ4v) is 19.8. The molecule has 0 fully saturated rings. The van der Waals surface area contributed by atoms with Gasteiger partial charge in [-0.2, -0.15) is 0 Å². The number of aromatic nitrogens is 5. The molecule has 6 heteroatoms. The Labute approximate surface area is 759 Å². The van der Waals surface area contributed by atoms with Gasteiger partial charge < -0.3 is 23.2 Å². The summed E-state index contributed by atoms with van der Waals surface area (Å²) in [6.07, 6.45) is 0. The second kappa shape index (κ2) is 33.1. The maximum absolute atomic E-state index is 5.41. The first-order valence-corrected chi connectivity index (χ1v) is 44.9. The highest BCUT2D eigenvalue weighted by Gasteiger charge is 2.22. The highest BCUT2D eigenvalue weighted by atomic mass is 15.1. The van der Waals surface area contributed by atoms with E-state index in [4.69, 9.17) is 4.98 Å². The second-order valence-corrected chi connectivity index (χ2v) is 33.8. The van der Waals surface area contributed by atoms with Crippen LogP contribution in [0, 0.1) is 0 Å². The molecule has 131 heavy (non-hydrogen) atoms. The first-order chi connectivity index (χ1) is 64.9. The molecule has 0 aliphatic heterocycles. The van der Waals surface area contributed by atoms with E-state index < -0.39 is 0 Å². The number of rotatable bonds is 16. The fourth-order valence-electron chi connectivity index (χ4n) is 19.8. The van der Waals surface area contributed by atoms with E-state index in [-0.39, 0.29) is 0 Å². The summed E-state index contributed by atoms with van der Waals surface area (Å²) in [7, 11) is 0. The highest BCUT2D eigenvalue weighted by molar-refractivity contribution is 6.13. The normalized spacial score (nSPS) is 11.5. The number of hydrogen-bond donors (Lipinski definition) is 0. The van der Waals surface area contributed by atoms with Crippen LogP contribution in [0.5, 0.6) is 0 Å². The van der Waals surface area contributed by atoms with Crippen molar-refractivity contribution < 1.29 is 0 Å². The van der Waals surface area contributed by atoms with Crippen LogP contribution in [-0.4, -0.2) is 23.3 Å². The summed E-state index contributed by atoms with van der Waals surface area (Å²) < 4.78 is 9.53.